The molecular weight excluding hydrogens is 459 g/mol. The molecule has 3 atom stereocenters. The molecule has 1 aromatic heterocycles. The minimum absolute atomic E-state index is 0.00697. The summed E-state index contributed by atoms with van der Waals surface area (Å²) in [6.45, 7) is 5.97. The van der Waals surface area contributed by atoms with Gasteiger partial charge in [0.1, 0.15) is 0 Å². The first-order chi connectivity index (χ1) is 16.1. The molecule has 0 radical (unpaired) electrons. The normalized spacial score (nSPS) is 26.4. The van der Waals surface area contributed by atoms with Crippen LogP contribution in [0.15, 0.2) is 42.7 Å². The first kappa shape index (κ1) is 23.1. The minimum Gasteiger partial charge on any atom is -0.373 e. The number of carbonyl (C=O) groups excluding carboxylic acids is 1. The number of piperidine rings is 1. The molecule has 0 aliphatic carbocycles. The maximum absolute atomic E-state index is 13.5. The first-order valence-electron chi connectivity index (χ1n) is 11.8. The molecule has 6 nitrogen and oxygen atoms in total. The van der Waals surface area contributed by atoms with Gasteiger partial charge in [-0.25, -0.2) is 0 Å². The van der Waals surface area contributed by atoms with E-state index in [1.54, 1.807) is 12.1 Å². The summed E-state index contributed by atoms with van der Waals surface area (Å²) >= 11 is 12.3. The van der Waals surface area contributed by atoms with Crippen molar-refractivity contribution in [1.29, 1.82) is 0 Å². The highest BCUT2D eigenvalue weighted by Crippen LogP contribution is 2.31. The van der Waals surface area contributed by atoms with E-state index in [1.165, 1.54) is 18.4 Å². The molecule has 8 heteroatoms. The Morgan fingerprint density at radius 1 is 1.06 bits per heavy atom. The highest BCUT2D eigenvalue weighted by atomic mass is 35.5. The number of pyridine rings is 1. The maximum Gasteiger partial charge on any atom is 0.227 e. The smallest absolute Gasteiger partial charge is 0.227 e. The van der Waals surface area contributed by atoms with Crippen molar-refractivity contribution in [2.45, 2.75) is 44.0 Å². The van der Waals surface area contributed by atoms with Crippen LogP contribution in [0.3, 0.4) is 0 Å². The van der Waals surface area contributed by atoms with Crippen molar-refractivity contribution < 1.29 is 9.53 Å². The van der Waals surface area contributed by atoms with Crippen molar-refractivity contribution in [3.63, 3.8) is 0 Å². The predicted molar refractivity (Wildman–Crippen MR) is 130 cm³/mol. The number of fused-ring (bicyclic) bond motifs is 1. The van der Waals surface area contributed by atoms with Crippen LogP contribution < -0.4 is 0 Å². The SMILES string of the molecule is O=C(Cc1ccc(Cl)c(Cl)c1)N1CCOC2CN(Cc3cccnc3)CC(N3CCCC3)C21. The van der Waals surface area contributed by atoms with E-state index >= 15 is 0 Å². The molecule has 33 heavy (non-hydrogen) atoms. The largest absolute Gasteiger partial charge is 0.373 e. The van der Waals surface area contributed by atoms with Gasteiger partial charge in [0.05, 0.1) is 35.2 Å². The Labute approximate surface area is 205 Å². The van der Waals surface area contributed by atoms with Gasteiger partial charge in [-0.3, -0.25) is 19.6 Å². The maximum atomic E-state index is 13.5. The topological polar surface area (TPSA) is 48.9 Å². The molecule has 0 bridgehead atoms. The molecule has 176 valence electrons. The number of morpholine rings is 1. The first-order valence-corrected chi connectivity index (χ1v) is 12.5. The fourth-order valence-electron chi connectivity index (χ4n) is 5.57. The third-order valence-electron chi connectivity index (χ3n) is 7.08. The molecule has 1 aromatic carbocycles. The Kier molecular flexibility index (Phi) is 7.18. The van der Waals surface area contributed by atoms with Crippen LogP contribution in [0.5, 0.6) is 0 Å². The van der Waals surface area contributed by atoms with Gasteiger partial charge in [0.2, 0.25) is 5.91 Å². The van der Waals surface area contributed by atoms with Gasteiger partial charge in [0.15, 0.2) is 0 Å². The lowest BCUT2D eigenvalue weighted by molar-refractivity contribution is -0.161. The second-order valence-electron chi connectivity index (χ2n) is 9.28. The van der Waals surface area contributed by atoms with Crippen molar-refractivity contribution in [2.75, 3.05) is 39.3 Å². The highest BCUT2D eigenvalue weighted by Gasteiger charge is 2.47. The Hall–Kier alpha value is -1.70. The summed E-state index contributed by atoms with van der Waals surface area (Å²) < 4.78 is 6.29. The summed E-state index contributed by atoms with van der Waals surface area (Å²) in [6, 6.07) is 9.89. The van der Waals surface area contributed by atoms with E-state index in [2.05, 4.69) is 25.8 Å². The van der Waals surface area contributed by atoms with Crippen LogP contribution >= 0.6 is 23.2 Å². The summed E-state index contributed by atoms with van der Waals surface area (Å²) in [6.07, 6.45) is 6.51. The van der Waals surface area contributed by atoms with E-state index in [9.17, 15) is 4.79 Å². The summed E-state index contributed by atoms with van der Waals surface area (Å²) in [7, 11) is 0. The average molecular weight is 489 g/mol. The molecule has 3 saturated heterocycles. The Bertz CT molecular complexity index is 970. The molecule has 3 aliphatic rings. The summed E-state index contributed by atoms with van der Waals surface area (Å²) in [5.41, 5.74) is 2.10. The molecule has 3 fully saturated rings. The number of carbonyl (C=O) groups is 1. The number of ether oxygens (including phenoxy) is 1. The lowest BCUT2D eigenvalue weighted by Gasteiger charge is -2.53. The molecule has 0 N–H and O–H groups in total. The van der Waals surface area contributed by atoms with Gasteiger partial charge in [0.25, 0.3) is 0 Å². The number of hydrogen-bond acceptors (Lipinski definition) is 5. The Morgan fingerprint density at radius 3 is 2.67 bits per heavy atom. The van der Waals surface area contributed by atoms with Gasteiger partial charge >= 0.3 is 0 Å². The molecule has 2 aromatic rings. The molecule has 0 spiro atoms. The lowest BCUT2D eigenvalue weighted by atomic mass is 9.91. The number of amides is 1. The number of aromatic nitrogens is 1. The Morgan fingerprint density at radius 2 is 1.91 bits per heavy atom. The van der Waals surface area contributed by atoms with Crippen LogP contribution in [0, 0.1) is 0 Å². The van der Waals surface area contributed by atoms with E-state index in [0.29, 0.717) is 29.6 Å². The van der Waals surface area contributed by atoms with Crippen molar-refractivity contribution >= 4 is 29.1 Å². The molecule has 0 saturated carbocycles. The van der Waals surface area contributed by atoms with Crippen molar-refractivity contribution in [3.05, 3.63) is 63.9 Å². The van der Waals surface area contributed by atoms with E-state index in [0.717, 1.165) is 38.3 Å². The van der Waals surface area contributed by atoms with Crippen LogP contribution in [-0.2, 0) is 22.5 Å². The fourth-order valence-corrected chi connectivity index (χ4v) is 5.89. The van der Waals surface area contributed by atoms with Crippen molar-refractivity contribution in [3.8, 4) is 0 Å². The molecule has 3 unspecified atom stereocenters. The highest BCUT2D eigenvalue weighted by molar-refractivity contribution is 6.42. The third kappa shape index (κ3) is 5.20. The van der Waals surface area contributed by atoms with Gasteiger partial charge < -0.3 is 9.64 Å². The van der Waals surface area contributed by atoms with Crippen LogP contribution in [0.2, 0.25) is 10.0 Å². The van der Waals surface area contributed by atoms with Crippen molar-refractivity contribution in [1.82, 2.24) is 19.7 Å². The fraction of sp³-hybridized carbons (Fsp3) is 0.520. The lowest BCUT2D eigenvalue weighted by Crippen LogP contribution is -2.70. The molecule has 4 heterocycles. The second-order valence-corrected chi connectivity index (χ2v) is 10.1. The van der Waals surface area contributed by atoms with Gasteiger partial charge in [-0.05, 0) is 55.3 Å². The second kappa shape index (κ2) is 10.3. The van der Waals surface area contributed by atoms with E-state index in [1.807, 2.05) is 24.5 Å². The Balaban J connectivity index is 1.36. The van der Waals surface area contributed by atoms with Gasteiger partial charge in [0, 0.05) is 44.6 Å². The van der Waals surface area contributed by atoms with E-state index in [4.69, 9.17) is 27.9 Å². The van der Waals surface area contributed by atoms with Crippen LogP contribution in [0.25, 0.3) is 0 Å². The summed E-state index contributed by atoms with van der Waals surface area (Å²) in [5.74, 6) is 0.136. The van der Waals surface area contributed by atoms with Crippen LogP contribution in [0.1, 0.15) is 24.0 Å². The summed E-state index contributed by atoms with van der Waals surface area (Å²) in [5, 5.41) is 0.995. The molecule has 1 amide bonds. The number of halogens is 2. The molecule has 3 aliphatic heterocycles. The minimum atomic E-state index is 0.00697. The monoisotopic (exact) mass is 488 g/mol. The van der Waals surface area contributed by atoms with Crippen LogP contribution in [0.4, 0.5) is 0 Å². The number of hydrogen-bond donors (Lipinski definition) is 0. The number of nitrogens with zero attached hydrogens (tertiary/aromatic N) is 4. The zero-order valence-corrected chi connectivity index (χ0v) is 20.2. The third-order valence-corrected chi connectivity index (χ3v) is 7.82. The average Bonchev–Trinajstić information content (AvgIpc) is 3.36. The molecule has 5 rings (SSSR count). The number of rotatable bonds is 5. The number of likely N-dealkylation sites (tertiary alicyclic amines) is 2. The molecular formula is C25H30Cl2N4O2. The zero-order chi connectivity index (χ0) is 22.8. The van der Waals surface area contributed by atoms with Gasteiger partial charge in [-0.1, -0.05) is 35.3 Å². The number of benzene rings is 1. The predicted octanol–water partition coefficient (Wildman–Crippen LogP) is 3.51. The van der Waals surface area contributed by atoms with Crippen LogP contribution in [-0.4, -0.2) is 83.1 Å². The van der Waals surface area contributed by atoms with E-state index < -0.39 is 0 Å². The van der Waals surface area contributed by atoms with Gasteiger partial charge in [-0.2, -0.15) is 0 Å². The van der Waals surface area contributed by atoms with E-state index in [-0.39, 0.29) is 24.1 Å². The summed E-state index contributed by atoms with van der Waals surface area (Å²) in [4.78, 5) is 24.9. The van der Waals surface area contributed by atoms with Crippen molar-refractivity contribution in [2.24, 2.45) is 0 Å². The zero-order valence-electron chi connectivity index (χ0n) is 18.7. The van der Waals surface area contributed by atoms with Gasteiger partial charge in [-0.15, -0.1) is 0 Å². The standard InChI is InChI=1S/C25H30Cl2N4O2/c26-20-6-5-18(12-21(20)27)13-24(32)31-10-11-33-23-17-29(15-19-4-3-7-28-14-19)16-22(25(23)31)30-8-1-2-9-30/h3-7,12,14,22-23,25H,1-2,8-11,13,15-17H2. The quantitative estimate of drug-likeness (QED) is 0.644.